The normalized spacial score (nSPS) is 10.6. The van der Waals surface area contributed by atoms with E-state index in [9.17, 15) is 14.0 Å². The van der Waals surface area contributed by atoms with Gasteiger partial charge in [-0.1, -0.05) is 18.6 Å². The molecule has 1 N–H and O–H groups in total. The van der Waals surface area contributed by atoms with Crippen molar-refractivity contribution in [1.82, 2.24) is 10.3 Å². The Bertz CT molecular complexity index is 673. The molecule has 1 amide bonds. The van der Waals surface area contributed by atoms with E-state index in [4.69, 9.17) is 4.74 Å². The number of carbonyl (C=O) groups excluding carboxylic acids is 2. The molecule has 2 rings (SSSR count). The number of nitrogens with one attached hydrogen (secondary N) is 1. The van der Waals surface area contributed by atoms with Crippen molar-refractivity contribution in [3.63, 3.8) is 0 Å². The van der Waals surface area contributed by atoms with Crippen molar-refractivity contribution in [2.45, 2.75) is 32.3 Å². The van der Waals surface area contributed by atoms with Crippen molar-refractivity contribution in [2.24, 2.45) is 0 Å². The summed E-state index contributed by atoms with van der Waals surface area (Å²) in [7, 11) is 0. The van der Waals surface area contributed by atoms with Gasteiger partial charge in [0.1, 0.15) is 12.4 Å². The Kier molecular flexibility index (Phi) is 8.21. The van der Waals surface area contributed by atoms with Crippen molar-refractivity contribution in [2.75, 3.05) is 13.2 Å². The van der Waals surface area contributed by atoms with Crippen molar-refractivity contribution in [3.05, 3.63) is 51.7 Å². The second kappa shape index (κ2) is 10.7. The molecule has 0 saturated heterocycles. The predicted molar refractivity (Wildman–Crippen MR) is 94.1 cm³/mol. The van der Waals surface area contributed by atoms with Crippen molar-refractivity contribution < 1.29 is 18.7 Å². The molecular weight excluding hydrogens is 343 g/mol. The Labute approximate surface area is 150 Å². The molecule has 0 aliphatic rings. The molecule has 1 heterocycles. The number of aromatic nitrogens is 1. The van der Waals surface area contributed by atoms with E-state index in [1.807, 2.05) is 5.38 Å². The number of hydrogen-bond donors (Lipinski definition) is 1. The molecule has 0 bridgehead atoms. The van der Waals surface area contributed by atoms with Gasteiger partial charge < -0.3 is 10.1 Å². The Hall–Kier alpha value is -2.12. The van der Waals surface area contributed by atoms with Gasteiger partial charge in [0.25, 0.3) is 0 Å². The van der Waals surface area contributed by atoms with Crippen LogP contribution in [0, 0.1) is 5.82 Å². The van der Waals surface area contributed by atoms with Crippen LogP contribution in [0.5, 0.6) is 0 Å². The number of amides is 1. The Morgan fingerprint density at radius 3 is 2.76 bits per heavy atom. The first kappa shape index (κ1) is 19.2. The third kappa shape index (κ3) is 7.53. The molecule has 0 aliphatic carbocycles. The lowest BCUT2D eigenvalue weighted by atomic mass is 10.1. The number of aryl methyl sites for hydroxylation is 1. The van der Waals surface area contributed by atoms with Crippen LogP contribution in [0.3, 0.4) is 0 Å². The number of hydrogen-bond acceptors (Lipinski definition) is 5. The van der Waals surface area contributed by atoms with Gasteiger partial charge in [0.2, 0.25) is 5.91 Å². The maximum absolute atomic E-state index is 12.8. The number of carbonyl (C=O) groups is 2. The number of unbranched alkanes of at least 4 members (excludes halogenated alkanes) is 2. The summed E-state index contributed by atoms with van der Waals surface area (Å²) < 4.78 is 18.1. The van der Waals surface area contributed by atoms with Crippen LogP contribution in [0.1, 0.15) is 40.3 Å². The van der Waals surface area contributed by atoms with E-state index in [0.29, 0.717) is 11.6 Å². The molecular formula is C18H21FN2O3S. The Morgan fingerprint density at radius 1 is 1.24 bits per heavy atom. The van der Waals surface area contributed by atoms with E-state index in [2.05, 4.69) is 10.3 Å². The molecule has 0 unspecified atom stereocenters. The van der Waals surface area contributed by atoms with E-state index in [0.717, 1.165) is 43.2 Å². The molecule has 0 atom stereocenters. The Balaban J connectivity index is 1.47. The number of aldehydes is 1. The highest BCUT2D eigenvalue weighted by atomic mass is 32.1. The van der Waals surface area contributed by atoms with Crippen molar-refractivity contribution in [1.29, 1.82) is 0 Å². The molecule has 7 heteroatoms. The molecule has 134 valence electrons. The summed E-state index contributed by atoms with van der Waals surface area (Å²) in [6, 6.07) is 6.00. The van der Waals surface area contributed by atoms with Gasteiger partial charge in [-0.25, -0.2) is 9.37 Å². The number of thiazole rings is 1. The van der Waals surface area contributed by atoms with E-state index < -0.39 is 0 Å². The summed E-state index contributed by atoms with van der Waals surface area (Å²) in [4.78, 5) is 26.4. The van der Waals surface area contributed by atoms with Gasteiger partial charge >= 0.3 is 0 Å². The van der Waals surface area contributed by atoms with Crippen LogP contribution in [-0.2, 0) is 22.6 Å². The number of benzene rings is 1. The standard InChI is InChI=1S/C18H21FN2O3S/c19-15-7-5-14(6-8-15)11-24-12-17(23)20-9-3-1-2-4-16-13-25-18(10-22)21-16/h5-8,10,13H,1-4,9,11-12H2,(H,20,23). The SMILES string of the molecule is O=Cc1nc(CCCCCNC(=O)COCc2ccc(F)cc2)cs1. The molecule has 0 saturated carbocycles. The van der Waals surface area contributed by atoms with Gasteiger partial charge in [-0.2, -0.15) is 0 Å². The quantitative estimate of drug-likeness (QED) is 0.491. The van der Waals surface area contributed by atoms with Gasteiger partial charge in [0.15, 0.2) is 11.3 Å². The summed E-state index contributed by atoms with van der Waals surface area (Å²) in [5.41, 5.74) is 1.78. The molecule has 1 aromatic heterocycles. The first-order valence-electron chi connectivity index (χ1n) is 8.16. The van der Waals surface area contributed by atoms with E-state index >= 15 is 0 Å². The molecule has 25 heavy (non-hydrogen) atoms. The first-order valence-corrected chi connectivity index (χ1v) is 9.04. The molecule has 0 aliphatic heterocycles. The summed E-state index contributed by atoms with van der Waals surface area (Å²) in [5.74, 6) is -0.447. The molecule has 0 spiro atoms. The maximum atomic E-state index is 12.8. The van der Waals surface area contributed by atoms with Gasteiger partial charge in [0, 0.05) is 11.9 Å². The van der Waals surface area contributed by atoms with Gasteiger partial charge in [-0.05, 0) is 37.0 Å². The van der Waals surface area contributed by atoms with Gasteiger partial charge in [0.05, 0.1) is 12.3 Å². The maximum Gasteiger partial charge on any atom is 0.246 e. The highest BCUT2D eigenvalue weighted by Crippen LogP contribution is 2.10. The largest absolute Gasteiger partial charge is 0.367 e. The van der Waals surface area contributed by atoms with E-state index in [-0.39, 0.29) is 24.9 Å². The lowest BCUT2D eigenvalue weighted by Gasteiger charge is -2.06. The molecule has 0 fully saturated rings. The van der Waals surface area contributed by atoms with E-state index in [1.165, 1.54) is 23.5 Å². The summed E-state index contributed by atoms with van der Waals surface area (Å²) in [6.45, 7) is 0.879. The first-order chi connectivity index (χ1) is 12.2. The number of nitrogens with zero attached hydrogens (tertiary/aromatic N) is 1. The summed E-state index contributed by atoms with van der Waals surface area (Å²) in [5, 5.41) is 5.23. The fourth-order valence-corrected chi connectivity index (χ4v) is 2.87. The zero-order valence-electron chi connectivity index (χ0n) is 13.9. The molecule has 0 radical (unpaired) electrons. The van der Waals surface area contributed by atoms with Crippen LogP contribution in [0.4, 0.5) is 4.39 Å². The van der Waals surface area contributed by atoms with Crippen LogP contribution in [0.2, 0.25) is 0 Å². The second-order valence-electron chi connectivity index (χ2n) is 5.57. The van der Waals surface area contributed by atoms with Crippen molar-refractivity contribution in [3.8, 4) is 0 Å². The second-order valence-corrected chi connectivity index (χ2v) is 6.46. The number of ether oxygens (including phenoxy) is 1. The third-order valence-corrected chi connectivity index (χ3v) is 4.34. The smallest absolute Gasteiger partial charge is 0.246 e. The topological polar surface area (TPSA) is 68.3 Å². The van der Waals surface area contributed by atoms with E-state index in [1.54, 1.807) is 12.1 Å². The molecule has 2 aromatic rings. The minimum absolute atomic E-state index is 0.00925. The fourth-order valence-electron chi connectivity index (χ4n) is 2.22. The van der Waals surface area contributed by atoms with Crippen LogP contribution >= 0.6 is 11.3 Å². The molecule has 5 nitrogen and oxygen atoms in total. The van der Waals surface area contributed by atoms with Crippen LogP contribution < -0.4 is 5.32 Å². The summed E-state index contributed by atoms with van der Waals surface area (Å²) >= 11 is 1.36. The summed E-state index contributed by atoms with van der Waals surface area (Å²) in [6.07, 6.45) is 4.44. The molecule has 1 aromatic carbocycles. The van der Waals surface area contributed by atoms with Crippen LogP contribution in [-0.4, -0.2) is 30.3 Å². The predicted octanol–water partition coefficient (Wildman–Crippen LogP) is 3.14. The van der Waals surface area contributed by atoms with Crippen LogP contribution in [0.25, 0.3) is 0 Å². The zero-order valence-corrected chi connectivity index (χ0v) is 14.7. The van der Waals surface area contributed by atoms with Crippen LogP contribution in [0.15, 0.2) is 29.6 Å². The Morgan fingerprint density at radius 2 is 2.04 bits per heavy atom. The highest BCUT2D eigenvalue weighted by molar-refractivity contribution is 7.11. The average Bonchev–Trinajstić information content (AvgIpc) is 3.08. The third-order valence-electron chi connectivity index (χ3n) is 3.52. The number of rotatable bonds is 11. The van der Waals surface area contributed by atoms with Gasteiger partial charge in [-0.15, -0.1) is 11.3 Å². The average molecular weight is 364 g/mol. The minimum atomic E-state index is -0.291. The zero-order chi connectivity index (χ0) is 17.9. The fraction of sp³-hybridized carbons (Fsp3) is 0.389. The van der Waals surface area contributed by atoms with Crippen molar-refractivity contribution >= 4 is 23.5 Å². The van der Waals surface area contributed by atoms with Gasteiger partial charge in [-0.3, -0.25) is 9.59 Å². The number of halogens is 1. The highest BCUT2D eigenvalue weighted by Gasteiger charge is 2.03. The lowest BCUT2D eigenvalue weighted by Crippen LogP contribution is -2.28. The lowest BCUT2D eigenvalue weighted by molar-refractivity contribution is -0.126. The minimum Gasteiger partial charge on any atom is -0.367 e. The monoisotopic (exact) mass is 364 g/mol.